The van der Waals surface area contributed by atoms with E-state index in [1.165, 1.54) is 6.20 Å². The van der Waals surface area contributed by atoms with Crippen LogP contribution in [0.2, 0.25) is 0 Å². The molecule has 0 aliphatic carbocycles. The molecule has 0 saturated carbocycles. The first-order chi connectivity index (χ1) is 10.1. The fraction of sp³-hybridized carbons (Fsp3) is 0.214. The highest BCUT2D eigenvalue weighted by Gasteiger charge is 2.14. The first-order valence-electron chi connectivity index (χ1n) is 6.41. The topological polar surface area (TPSA) is 76.0 Å². The molecule has 21 heavy (non-hydrogen) atoms. The van der Waals surface area contributed by atoms with Gasteiger partial charge in [-0.15, -0.1) is 11.8 Å². The second-order valence-electron chi connectivity index (χ2n) is 4.22. The van der Waals surface area contributed by atoms with Crippen molar-refractivity contribution in [3.8, 4) is 0 Å². The number of nitrogens with zero attached hydrogens (tertiary/aromatic N) is 2. The zero-order valence-electron chi connectivity index (χ0n) is 11.8. The zero-order valence-corrected chi connectivity index (χ0v) is 12.6. The van der Waals surface area contributed by atoms with Crippen LogP contribution >= 0.6 is 11.8 Å². The Morgan fingerprint density at radius 1 is 1.24 bits per heavy atom. The second-order valence-corrected chi connectivity index (χ2v) is 5.10. The maximum absolute atomic E-state index is 11.8. The number of aryl methyl sites for hydroxylation is 1. The molecule has 2 rings (SSSR count). The van der Waals surface area contributed by atoms with Gasteiger partial charge in [-0.25, -0.2) is 0 Å². The summed E-state index contributed by atoms with van der Waals surface area (Å²) in [7, 11) is 0. The third-order valence-corrected chi connectivity index (χ3v) is 3.47. The summed E-state index contributed by atoms with van der Waals surface area (Å²) in [5.74, 6) is -1.43. The molecule has 2 N–H and O–H groups in total. The molecule has 0 atom stereocenters. The number of hydrogen-bond donors (Lipinski definition) is 2. The van der Waals surface area contributed by atoms with Crippen molar-refractivity contribution >= 4 is 35.0 Å². The van der Waals surface area contributed by atoms with E-state index in [9.17, 15) is 9.59 Å². The van der Waals surface area contributed by atoms with Gasteiger partial charge in [0.25, 0.3) is 0 Å². The molecule has 1 heterocycles. The molecule has 0 unspecified atom stereocenters. The van der Waals surface area contributed by atoms with E-state index >= 15 is 0 Å². The maximum atomic E-state index is 11.8. The molecule has 0 bridgehead atoms. The SMILES string of the molecule is CCn1cc(NC(=O)C(=O)Nc2cccc(SC)c2)cn1. The van der Waals surface area contributed by atoms with Gasteiger partial charge in [-0.05, 0) is 31.4 Å². The van der Waals surface area contributed by atoms with E-state index in [-0.39, 0.29) is 0 Å². The molecule has 0 aliphatic rings. The van der Waals surface area contributed by atoms with E-state index in [4.69, 9.17) is 0 Å². The van der Waals surface area contributed by atoms with Gasteiger partial charge in [0.15, 0.2) is 0 Å². The lowest BCUT2D eigenvalue weighted by Crippen LogP contribution is -2.28. The molecule has 7 heteroatoms. The van der Waals surface area contributed by atoms with Crippen LogP contribution in [0.1, 0.15) is 6.92 Å². The van der Waals surface area contributed by atoms with Gasteiger partial charge in [0.05, 0.1) is 11.9 Å². The smallest absolute Gasteiger partial charge is 0.314 e. The number of thioether (sulfide) groups is 1. The Morgan fingerprint density at radius 3 is 2.57 bits per heavy atom. The van der Waals surface area contributed by atoms with Crippen molar-refractivity contribution in [1.29, 1.82) is 0 Å². The van der Waals surface area contributed by atoms with Crippen molar-refractivity contribution in [3.05, 3.63) is 36.7 Å². The van der Waals surface area contributed by atoms with E-state index in [0.29, 0.717) is 17.9 Å². The number of nitrogens with one attached hydrogen (secondary N) is 2. The third kappa shape index (κ3) is 4.09. The van der Waals surface area contributed by atoms with Crippen molar-refractivity contribution < 1.29 is 9.59 Å². The molecule has 1 aromatic heterocycles. The van der Waals surface area contributed by atoms with Crippen LogP contribution in [0.15, 0.2) is 41.6 Å². The molecule has 0 fully saturated rings. The van der Waals surface area contributed by atoms with E-state index in [1.54, 1.807) is 28.7 Å². The maximum Gasteiger partial charge on any atom is 0.314 e. The van der Waals surface area contributed by atoms with E-state index in [1.807, 2.05) is 31.4 Å². The predicted molar refractivity (Wildman–Crippen MR) is 83.4 cm³/mol. The largest absolute Gasteiger partial charge is 0.318 e. The predicted octanol–water partition coefficient (Wildman–Crippen LogP) is 2.20. The van der Waals surface area contributed by atoms with E-state index in [0.717, 1.165) is 4.90 Å². The van der Waals surface area contributed by atoms with Gasteiger partial charge >= 0.3 is 11.8 Å². The second kappa shape index (κ2) is 6.94. The van der Waals surface area contributed by atoms with Gasteiger partial charge < -0.3 is 10.6 Å². The molecular weight excluding hydrogens is 288 g/mol. The Morgan fingerprint density at radius 2 is 1.95 bits per heavy atom. The molecule has 110 valence electrons. The number of carbonyl (C=O) groups excluding carboxylic acids is 2. The Hall–Kier alpha value is -2.28. The number of anilines is 2. The van der Waals surface area contributed by atoms with Crippen molar-refractivity contribution in [1.82, 2.24) is 9.78 Å². The summed E-state index contributed by atoms with van der Waals surface area (Å²) in [5, 5.41) is 9.09. The number of carbonyl (C=O) groups is 2. The van der Waals surface area contributed by atoms with Crippen LogP contribution in [0.4, 0.5) is 11.4 Å². The molecule has 2 aromatic rings. The van der Waals surface area contributed by atoms with Gasteiger partial charge in [-0.2, -0.15) is 5.10 Å². The summed E-state index contributed by atoms with van der Waals surface area (Å²) in [6.45, 7) is 2.63. The molecule has 0 aliphatic heterocycles. The fourth-order valence-electron chi connectivity index (χ4n) is 1.68. The van der Waals surface area contributed by atoms with Crippen LogP contribution in [0.5, 0.6) is 0 Å². The summed E-state index contributed by atoms with van der Waals surface area (Å²) in [6.07, 6.45) is 5.11. The minimum absolute atomic E-state index is 0.495. The highest BCUT2D eigenvalue weighted by molar-refractivity contribution is 7.98. The van der Waals surface area contributed by atoms with Crippen LogP contribution in [0.25, 0.3) is 0 Å². The van der Waals surface area contributed by atoms with Gasteiger partial charge in [0.1, 0.15) is 0 Å². The average Bonchev–Trinajstić information content (AvgIpc) is 2.95. The molecule has 1 aromatic carbocycles. The van der Waals surface area contributed by atoms with E-state index in [2.05, 4.69) is 15.7 Å². The number of amides is 2. The molecule has 6 nitrogen and oxygen atoms in total. The third-order valence-electron chi connectivity index (χ3n) is 2.75. The molecule has 0 saturated heterocycles. The Bertz CT molecular complexity index is 654. The first kappa shape index (κ1) is 15.1. The fourth-order valence-corrected chi connectivity index (χ4v) is 2.14. The highest BCUT2D eigenvalue weighted by Crippen LogP contribution is 2.18. The molecule has 0 radical (unpaired) electrons. The minimum atomic E-state index is -0.722. The normalized spacial score (nSPS) is 10.2. The number of hydrogen-bond acceptors (Lipinski definition) is 4. The Labute approximate surface area is 126 Å². The van der Waals surface area contributed by atoms with Crippen LogP contribution < -0.4 is 10.6 Å². The van der Waals surface area contributed by atoms with Gasteiger partial charge in [0, 0.05) is 23.3 Å². The molecule has 0 spiro atoms. The van der Waals surface area contributed by atoms with Crippen LogP contribution in [0.3, 0.4) is 0 Å². The van der Waals surface area contributed by atoms with Crippen molar-refractivity contribution in [2.75, 3.05) is 16.9 Å². The van der Waals surface area contributed by atoms with Crippen molar-refractivity contribution in [2.45, 2.75) is 18.4 Å². The summed E-state index contributed by atoms with van der Waals surface area (Å²) in [5.41, 5.74) is 1.08. The Kier molecular flexibility index (Phi) is 4.99. The van der Waals surface area contributed by atoms with Crippen molar-refractivity contribution in [3.63, 3.8) is 0 Å². The lowest BCUT2D eigenvalue weighted by atomic mass is 10.3. The van der Waals surface area contributed by atoms with Crippen LogP contribution in [0, 0.1) is 0 Å². The number of benzene rings is 1. The Balaban J connectivity index is 1.97. The lowest BCUT2D eigenvalue weighted by molar-refractivity contribution is -0.133. The lowest BCUT2D eigenvalue weighted by Gasteiger charge is -2.06. The number of aromatic nitrogens is 2. The summed E-state index contributed by atoms with van der Waals surface area (Å²) < 4.78 is 1.66. The van der Waals surface area contributed by atoms with E-state index < -0.39 is 11.8 Å². The van der Waals surface area contributed by atoms with Crippen LogP contribution in [-0.4, -0.2) is 27.9 Å². The molecular formula is C14H16N4O2S. The first-order valence-corrected chi connectivity index (χ1v) is 7.63. The van der Waals surface area contributed by atoms with Gasteiger partial charge in [-0.1, -0.05) is 6.07 Å². The summed E-state index contributed by atoms with van der Waals surface area (Å²) in [6, 6.07) is 7.30. The molecule has 2 amide bonds. The average molecular weight is 304 g/mol. The summed E-state index contributed by atoms with van der Waals surface area (Å²) >= 11 is 1.56. The monoisotopic (exact) mass is 304 g/mol. The van der Waals surface area contributed by atoms with Crippen LogP contribution in [-0.2, 0) is 16.1 Å². The minimum Gasteiger partial charge on any atom is -0.318 e. The number of rotatable bonds is 4. The zero-order chi connectivity index (χ0) is 15.2. The highest BCUT2D eigenvalue weighted by atomic mass is 32.2. The standard InChI is InChI=1S/C14H16N4O2S/c1-3-18-9-11(8-15-18)17-14(20)13(19)16-10-5-4-6-12(7-10)21-2/h4-9H,3H2,1-2H3,(H,16,19)(H,17,20). The summed E-state index contributed by atoms with van der Waals surface area (Å²) in [4.78, 5) is 24.7. The van der Waals surface area contributed by atoms with Gasteiger partial charge in [-0.3, -0.25) is 14.3 Å². The quantitative estimate of drug-likeness (QED) is 0.670. The van der Waals surface area contributed by atoms with Crippen molar-refractivity contribution in [2.24, 2.45) is 0 Å². The van der Waals surface area contributed by atoms with Gasteiger partial charge in [0.2, 0.25) is 0 Å².